The molecule has 0 aromatic heterocycles. The van der Waals surface area contributed by atoms with Crippen LogP contribution in [-0.4, -0.2) is 28.1 Å². The number of aryl methyl sites for hydroxylation is 1. The smallest absolute Gasteiger partial charge is 0.257 e. The van der Waals surface area contributed by atoms with E-state index in [1.54, 1.807) is 18.7 Å². The van der Waals surface area contributed by atoms with Crippen LogP contribution in [0, 0.1) is 12.7 Å². The molecule has 92 valence electrons. The number of anilines is 1. The second-order valence-electron chi connectivity index (χ2n) is 4.25. The molecule has 17 heavy (non-hydrogen) atoms. The number of halogens is 1. The first kappa shape index (κ1) is 12.4. The molecular weight excluding hydrogens is 241 g/mol. The number of hydrogen-bond acceptors (Lipinski definition) is 3. The number of aliphatic hydroxyl groups is 1. The fraction of sp³-hybridized carbons (Fsp3) is 0.417. The number of amides is 1. The third-order valence-corrected chi connectivity index (χ3v) is 4.03. The van der Waals surface area contributed by atoms with Crippen LogP contribution in [0.1, 0.15) is 12.0 Å². The molecule has 2 rings (SSSR count). The van der Waals surface area contributed by atoms with E-state index in [9.17, 15) is 14.3 Å². The summed E-state index contributed by atoms with van der Waals surface area (Å²) in [6.07, 6.45) is 0.462. The molecule has 3 nitrogen and oxygen atoms in total. The van der Waals surface area contributed by atoms with Gasteiger partial charge in [0.1, 0.15) is 5.82 Å². The summed E-state index contributed by atoms with van der Waals surface area (Å²) >= 11 is 1.56. The SMILES string of the molecule is Cc1cc(F)ccc1NC(=O)C1(O)CCSC1. The number of carbonyl (C=O) groups is 1. The van der Waals surface area contributed by atoms with Crippen LogP contribution in [-0.2, 0) is 4.79 Å². The highest BCUT2D eigenvalue weighted by molar-refractivity contribution is 7.99. The Bertz CT molecular complexity index is 444. The van der Waals surface area contributed by atoms with Gasteiger partial charge >= 0.3 is 0 Å². The van der Waals surface area contributed by atoms with Crippen molar-refractivity contribution in [2.45, 2.75) is 18.9 Å². The van der Waals surface area contributed by atoms with Crippen molar-refractivity contribution < 1.29 is 14.3 Å². The van der Waals surface area contributed by atoms with Gasteiger partial charge in [0.05, 0.1) is 0 Å². The number of thioether (sulfide) groups is 1. The fourth-order valence-electron chi connectivity index (χ4n) is 1.74. The summed E-state index contributed by atoms with van der Waals surface area (Å²) in [5, 5.41) is 12.7. The Balaban J connectivity index is 2.13. The first-order valence-corrected chi connectivity index (χ1v) is 6.54. The van der Waals surface area contributed by atoms with Crippen LogP contribution >= 0.6 is 11.8 Å². The van der Waals surface area contributed by atoms with Crippen LogP contribution in [0.3, 0.4) is 0 Å². The Labute approximate surface area is 103 Å². The molecule has 0 saturated carbocycles. The first-order valence-electron chi connectivity index (χ1n) is 5.39. The van der Waals surface area contributed by atoms with Gasteiger partial charge in [0.15, 0.2) is 5.60 Å². The molecule has 1 amide bonds. The molecule has 1 unspecified atom stereocenters. The van der Waals surface area contributed by atoms with Crippen LogP contribution in [0.2, 0.25) is 0 Å². The summed E-state index contributed by atoms with van der Waals surface area (Å²) < 4.78 is 12.9. The summed E-state index contributed by atoms with van der Waals surface area (Å²) in [5.41, 5.74) is -0.0970. The average molecular weight is 255 g/mol. The van der Waals surface area contributed by atoms with E-state index >= 15 is 0 Å². The van der Waals surface area contributed by atoms with E-state index in [0.29, 0.717) is 23.4 Å². The standard InChI is InChI=1S/C12H14FNO2S/c1-8-6-9(13)2-3-10(8)14-11(15)12(16)4-5-17-7-12/h2-3,6,16H,4-5,7H2,1H3,(H,14,15). The third kappa shape index (κ3) is 2.61. The highest BCUT2D eigenvalue weighted by Gasteiger charge is 2.39. The topological polar surface area (TPSA) is 49.3 Å². The van der Waals surface area contributed by atoms with Gasteiger partial charge in [0.2, 0.25) is 0 Å². The van der Waals surface area contributed by atoms with Gasteiger partial charge in [-0.25, -0.2) is 4.39 Å². The van der Waals surface area contributed by atoms with Crippen LogP contribution in [0.5, 0.6) is 0 Å². The Morgan fingerprint density at radius 3 is 2.94 bits per heavy atom. The summed E-state index contributed by atoms with van der Waals surface area (Å²) in [5.74, 6) is 0.457. The summed E-state index contributed by atoms with van der Waals surface area (Å²) in [6.45, 7) is 1.71. The maximum atomic E-state index is 12.9. The number of nitrogens with one attached hydrogen (secondary N) is 1. The molecule has 1 atom stereocenters. The minimum atomic E-state index is -1.29. The van der Waals surface area contributed by atoms with Crippen molar-refractivity contribution in [1.29, 1.82) is 0 Å². The highest BCUT2D eigenvalue weighted by Crippen LogP contribution is 2.29. The number of hydrogen-bond donors (Lipinski definition) is 2. The number of rotatable bonds is 2. The van der Waals surface area contributed by atoms with Crippen LogP contribution in [0.15, 0.2) is 18.2 Å². The van der Waals surface area contributed by atoms with Gasteiger partial charge < -0.3 is 10.4 Å². The van der Waals surface area contributed by atoms with Gasteiger partial charge in [-0.05, 0) is 42.9 Å². The van der Waals surface area contributed by atoms with E-state index in [0.717, 1.165) is 5.75 Å². The Morgan fingerprint density at radius 2 is 2.35 bits per heavy atom. The Morgan fingerprint density at radius 1 is 1.59 bits per heavy atom. The molecule has 1 aromatic rings. The predicted octanol–water partition coefficient (Wildman–Crippen LogP) is 1.94. The number of benzene rings is 1. The van der Waals surface area contributed by atoms with E-state index in [4.69, 9.17) is 0 Å². The normalized spacial score (nSPS) is 23.7. The minimum absolute atomic E-state index is 0.337. The zero-order valence-electron chi connectivity index (χ0n) is 9.50. The lowest BCUT2D eigenvalue weighted by atomic mass is 10.0. The molecule has 1 saturated heterocycles. The molecule has 1 aromatic carbocycles. The molecule has 0 bridgehead atoms. The van der Waals surface area contributed by atoms with Gasteiger partial charge in [-0.3, -0.25) is 4.79 Å². The molecule has 1 aliphatic rings. The lowest BCUT2D eigenvalue weighted by Gasteiger charge is -2.20. The van der Waals surface area contributed by atoms with Gasteiger partial charge in [-0.15, -0.1) is 0 Å². The first-order chi connectivity index (χ1) is 8.01. The maximum Gasteiger partial charge on any atom is 0.257 e. The second kappa shape index (κ2) is 4.66. The molecule has 0 radical (unpaired) electrons. The van der Waals surface area contributed by atoms with Crippen molar-refractivity contribution >= 4 is 23.4 Å². The number of carbonyl (C=O) groups excluding carboxylic acids is 1. The van der Waals surface area contributed by atoms with Crippen molar-refractivity contribution in [3.8, 4) is 0 Å². The average Bonchev–Trinajstić information content (AvgIpc) is 2.71. The van der Waals surface area contributed by atoms with Gasteiger partial charge in [-0.2, -0.15) is 11.8 Å². The molecule has 5 heteroatoms. The second-order valence-corrected chi connectivity index (χ2v) is 5.35. The van der Waals surface area contributed by atoms with Crippen molar-refractivity contribution in [1.82, 2.24) is 0 Å². The van der Waals surface area contributed by atoms with Crippen molar-refractivity contribution in [2.24, 2.45) is 0 Å². The van der Waals surface area contributed by atoms with Gasteiger partial charge in [0.25, 0.3) is 5.91 Å². The van der Waals surface area contributed by atoms with E-state index in [1.807, 2.05) is 0 Å². The maximum absolute atomic E-state index is 12.9. The van der Waals surface area contributed by atoms with Crippen molar-refractivity contribution in [2.75, 3.05) is 16.8 Å². The summed E-state index contributed by atoms with van der Waals surface area (Å²) in [7, 11) is 0. The molecule has 1 aliphatic heterocycles. The largest absolute Gasteiger partial charge is 0.379 e. The highest BCUT2D eigenvalue weighted by atomic mass is 32.2. The molecular formula is C12H14FNO2S. The van der Waals surface area contributed by atoms with Crippen molar-refractivity contribution in [3.05, 3.63) is 29.6 Å². The summed E-state index contributed by atoms with van der Waals surface area (Å²) in [4.78, 5) is 11.9. The zero-order valence-corrected chi connectivity index (χ0v) is 10.3. The molecule has 1 fully saturated rings. The molecule has 0 aliphatic carbocycles. The van der Waals surface area contributed by atoms with Crippen LogP contribution in [0.25, 0.3) is 0 Å². The van der Waals surface area contributed by atoms with Gasteiger partial charge in [-0.1, -0.05) is 0 Å². The van der Waals surface area contributed by atoms with E-state index in [-0.39, 0.29) is 5.82 Å². The fourth-order valence-corrected chi connectivity index (χ4v) is 2.98. The van der Waals surface area contributed by atoms with Crippen LogP contribution in [0.4, 0.5) is 10.1 Å². The third-order valence-electron chi connectivity index (χ3n) is 2.86. The lowest BCUT2D eigenvalue weighted by Crippen LogP contribution is -2.43. The minimum Gasteiger partial charge on any atom is -0.379 e. The molecule has 2 N–H and O–H groups in total. The quantitative estimate of drug-likeness (QED) is 0.849. The Hall–Kier alpha value is -1.07. The Kier molecular flexibility index (Phi) is 3.40. The predicted molar refractivity (Wildman–Crippen MR) is 66.7 cm³/mol. The molecule has 0 spiro atoms. The zero-order chi connectivity index (χ0) is 12.5. The van der Waals surface area contributed by atoms with Gasteiger partial charge in [0, 0.05) is 11.4 Å². The van der Waals surface area contributed by atoms with E-state index in [2.05, 4.69) is 5.32 Å². The lowest BCUT2D eigenvalue weighted by molar-refractivity contribution is -0.131. The molecule has 1 heterocycles. The van der Waals surface area contributed by atoms with E-state index < -0.39 is 11.5 Å². The van der Waals surface area contributed by atoms with Crippen LogP contribution < -0.4 is 5.32 Å². The van der Waals surface area contributed by atoms with Crippen molar-refractivity contribution in [3.63, 3.8) is 0 Å². The van der Waals surface area contributed by atoms with E-state index in [1.165, 1.54) is 18.2 Å². The summed E-state index contributed by atoms with van der Waals surface area (Å²) in [6, 6.07) is 4.15. The monoisotopic (exact) mass is 255 g/mol.